The van der Waals surface area contributed by atoms with E-state index in [1.54, 1.807) is 18.7 Å². The van der Waals surface area contributed by atoms with E-state index in [1.165, 1.54) is 0 Å². The van der Waals surface area contributed by atoms with Crippen LogP contribution in [0.2, 0.25) is 0 Å². The van der Waals surface area contributed by atoms with Crippen molar-refractivity contribution in [3.8, 4) is 0 Å². The number of rotatable bonds is 0. The summed E-state index contributed by atoms with van der Waals surface area (Å²) in [6.45, 7) is 6.30. The van der Waals surface area contributed by atoms with Gasteiger partial charge in [0.1, 0.15) is 6.33 Å². The molecule has 0 saturated heterocycles. The van der Waals surface area contributed by atoms with Gasteiger partial charge in [0.15, 0.2) is 5.65 Å². The third-order valence-corrected chi connectivity index (χ3v) is 1.87. The zero-order chi connectivity index (χ0) is 9.47. The summed E-state index contributed by atoms with van der Waals surface area (Å²) in [7, 11) is 0. The average molecular weight is 176 g/mol. The number of hydrogen-bond acceptors (Lipinski definition) is 3. The molecule has 13 heavy (non-hydrogen) atoms. The topological polar surface area (TPSA) is 43.6 Å². The van der Waals surface area contributed by atoms with Crippen LogP contribution in [-0.4, -0.2) is 19.7 Å². The van der Waals surface area contributed by atoms with Crippen LogP contribution in [0.3, 0.4) is 0 Å². The molecule has 0 spiro atoms. The van der Waals surface area contributed by atoms with Gasteiger partial charge in [-0.25, -0.2) is 14.6 Å². The Morgan fingerprint density at radius 3 is 2.69 bits per heavy atom. The second-order valence-electron chi connectivity index (χ2n) is 4.03. The first-order valence-electron chi connectivity index (χ1n) is 4.23. The van der Waals surface area contributed by atoms with Crippen molar-refractivity contribution in [2.45, 2.75) is 26.3 Å². The zero-order valence-electron chi connectivity index (χ0n) is 8.02. The molecule has 2 heterocycles. The summed E-state index contributed by atoms with van der Waals surface area (Å²) < 4.78 is 1.91. The van der Waals surface area contributed by atoms with Crippen LogP contribution in [0.1, 0.15) is 20.8 Å². The highest BCUT2D eigenvalue weighted by Crippen LogP contribution is 2.18. The molecule has 2 aromatic heterocycles. The molecule has 0 saturated carbocycles. The minimum Gasteiger partial charge on any atom is -0.244 e. The monoisotopic (exact) mass is 176 g/mol. The van der Waals surface area contributed by atoms with Crippen molar-refractivity contribution < 1.29 is 0 Å². The second kappa shape index (κ2) is 2.52. The normalized spacial score (nSPS) is 12.2. The summed E-state index contributed by atoms with van der Waals surface area (Å²) in [5, 5.41) is 5.26. The third-order valence-electron chi connectivity index (χ3n) is 1.87. The third kappa shape index (κ3) is 1.28. The van der Waals surface area contributed by atoms with E-state index < -0.39 is 0 Å². The first-order valence-corrected chi connectivity index (χ1v) is 4.23. The van der Waals surface area contributed by atoms with Crippen molar-refractivity contribution in [1.29, 1.82) is 0 Å². The fraction of sp³-hybridized carbons (Fsp3) is 0.444. The molecule has 0 aliphatic carbocycles. The zero-order valence-corrected chi connectivity index (χ0v) is 8.02. The molecule has 0 aliphatic rings. The van der Waals surface area contributed by atoms with Crippen molar-refractivity contribution >= 4 is 11.0 Å². The van der Waals surface area contributed by atoms with Crippen LogP contribution in [0.15, 0.2) is 18.7 Å². The van der Waals surface area contributed by atoms with Gasteiger partial charge in [-0.2, -0.15) is 5.10 Å². The van der Waals surface area contributed by atoms with E-state index in [2.05, 4.69) is 35.8 Å². The fourth-order valence-corrected chi connectivity index (χ4v) is 1.27. The van der Waals surface area contributed by atoms with Crippen molar-refractivity contribution in [1.82, 2.24) is 19.7 Å². The van der Waals surface area contributed by atoms with E-state index in [-0.39, 0.29) is 5.54 Å². The van der Waals surface area contributed by atoms with E-state index in [9.17, 15) is 0 Å². The minimum absolute atomic E-state index is 0.0316. The van der Waals surface area contributed by atoms with E-state index in [1.807, 2.05) is 4.68 Å². The molecule has 0 bridgehead atoms. The van der Waals surface area contributed by atoms with Gasteiger partial charge >= 0.3 is 0 Å². The maximum atomic E-state index is 4.28. The van der Waals surface area contributed by atoms with Gasteiger partial charge in [-0.05, 0) is 20.8 Å². The predicted octanol–water partition coefficient (Wildman–Crippen LogP) is 1.58. The van der Waals surface area contributed by atoms with Gasteiger partial charge in [0.25, 0.3) is 0 Å². The van der Waals surface area contributed by atoms with Crippen LogP contribution in [-0.2, 0) is 5.54 Å². The molecule has 0 aliphatic heterocycles. The van der Waals surface area contributed by atoms with E-state index in [0.29, 0.717) is 0 Å². The summed E-state index contributed by atoms with van der Waals surface area (Å²) in [5.74, 6) is 0. The Bertz CT molecular complexity index is 424. The first kappa shape index (κ1) is 8.16. The minimum atomic E-state index is -0.0316. The maximum Gasteiger partial charge on any atom is 0.161 e. The SMILES string of the molecule is CC(C)(C)n1ncc2cncnc21. The molecule has 0 fully saturated rings. The quantitative estimate of drug-likeness (QED) is 0.612. The molecule has 2 aromatic rings. The highest BCUT2D eigenvalue weighted by atomic mass is 15.3. The smallest absolute Gasteiger partial charge is 0.161 e. The van der Waals surface area contributed by atoms with Crippen LogP contribution in [0.5, 0.6) is 0 Å². The van der Waals surface area contributed by atoms with Crippen LogP contribution in [0, 0.1) is 0 Å². The summed E-state index contributed by atoms with van der Waals surface area (Å²) in [4.78, 5) is 8.14. The van der Waals surface area contributed by atoms with E-state index >= 15 is 0 Å². The maximum absolute atomic E-state index is 4.28. The number of nitrogens with zero attached hydrogens (tertiary/aromatic N) is 4. The van der Waals surface area contributed by atoms with Gasteiger partial charge in [-0.15, -0.1) is 0 Å². The van der Waals surface area contributed by atoms with Crippen molar-refractivity contribution in [2.24, 2.45) is 0 Å². The molecule has 68 valence electrons. The Labute approximate surface area is 76.6 Å². The Hall–Kier alpha value is -1.45. The van der Waals surface area contributed by atoms with Gasteiger partial charge in [0, 0.05) is 6.20 Å². The number of hydrogen-bond donors (Lipinski definition) is 0. The summed E-state index contributed by atoms with van der Waals surface area (Å²) in [6.07, 6.45) is 5.12. The molecule has 4 nitrogen and oxygen atoms in total. The number of fused-ring (bicyclic) bond motifs is 1. The van der Waals surface area contributed by atoms with Crippen LogP contribution in [0.4, 0.5) is 0 Å². The lowest BCUT2D eigenvalue weighted by molar-refractivity contribution is 0.366. The molecule has 0 unspecified atom stereocenters. The van der Waals surface area contributed by atoms with Gasteiger partial charge in [0.05, 0.1) is 17.1 Å². The van der Waals surface area contributed by atoms with Crippen LogP contribution >= 0.6 is 0 Å². The number of aromatic nitrogens is 4. The molecular weight excluding hydrogens is 164 g/mol. The lowest BCUT2D eigenvalue weighted by atomic mass is 10.1. The predicted molar refractivity (Wildman–Crippen MR) is 50.3 cm³/mol. The first-order chi connectivity index (χ1) is 6.09. The van der Waals surface area contributed by atoms with Gasteiger partial charge in [-0.1, -0.05) is 0 Å². The molecule has 0 amide bonds. The summed E-state index contributed by atoms with van der Waals surface area (Å²) in [6, 6.07) is 0. The second-order valence-corrected chi connectivity index (χ2v) is 4.03. The molecule has 4 heteroatoms. The highest BCUT2D eigenvalue weighted by molar-refractivity contribution is 5.73. The molecule has 0 N–H and O–H groups in total. The van der Waals surface area contributed by atoms with E-state index in [0.717, 1.165) is 11.0 Å². The van der Waals surface area contributed by atoms with Gasteiger partial charge < -0.3 is 0 Å². The largest absolute Gasteiger partial charge is 0.244 e. The Morgan fingerprint density at radius 2 is 2.00 bits per heavy atom. The van der Waals surface area contributed by atoms with Crippen molar-refractivity contribution in [2.75, 3.05) is 0 Å². The van der Waals surface area contributed by atoms with Gasteiger partial charge in [0.2, 0.25) is 0 Å². The van der Waals surface area contributed by atoms with Gasteiger partial charge in [-0.3, -0.25) is 0 Å². The van der Waals surface area contributed by atoms with Crippen LogP contribution in [0.25, 0.3) is 11.0 Å². The highest BCUT2D eigenvalue weighted by Gasteiger charge is 2.17. The summed E-state index contributed by atoms with van der Waals surface area (Å²) in [5.41, 5.74) is 0.860. The van der Waals surface area contributed by atoms with Crippen molar-refractivity contribution in [3.63, 3.8) is 0 Å². The molecule has 0 aromatic carbocycles. The average Bonchev–Trinajstić information content (AvgIpc) is 2.45. The van der Waals surface area contributed by atoms with Crippen molar-refractivity contribution in [3.05, 3.63) is 18.7 Å². The lowest BCUT2D eigenvalue weighted by Crippen LogP contribution is -2.23. The Balaban J connectivity index is 2.72. The van der Waals surface area contributed by atoms with Crippen LogP contribution < -0.4 is 0 Å². The lowest BCUT2D eigenvalue weighted by Gasteiger charge is -2.19. The fourth-order valence-electron chi connectivity index (χ4n) is 1.27. The molecule has 0 radical (unpaired) electrons. The standard InChI is InChI=1S/C9H12N4/c1-9(2,3)13-8-7(5-12-13)4-10-6-11-8/h4-6H,1-3H3. The summed E-state index contributed by atoms with van der Waals surface area (Å²) >= 11 is 0. The Kier molecular flexibility index (Phi) is 1.58. The molecule has 0 atom stereocenters. The van der Waals surface area contributed by atoms with E-state index in [4.69, 9.17) is 0 Å². The Morgan fingerprint density at radius 1 is 1.23 bits per heavy atom. The molecule has 2 rings (SSSR count). The molecular formula is C9H12N4.